The van der Waals surface area contributed by atoms with Crippen LogP contribution in [0.5, 0.6) is 0 Å². The zero-order valence-electron chi connectivity index (χ0n) is 13.5. The Hall–Kier alpha value is -2.71. The summed E-state index contributed by atoms with van der Waals surface area (Å²) in [6.45, 7) is 1.95. The zero-order valence-corrected chi connectivity index (χ0v) is 13.5. The second-order valence-corrected chi connectivity index (χ2v) is 6.26. The van der Waals surface area contributed by atoms with Gasteiger partial charge < -0.3 is 5.11 Å². The second-order valence-electron chi connectivity index (χ2n) is 6.26. The van der Waals surface area contributed by atoms with E-state index in [9.17, 15) is 10.4 Å². The number of hydrogen-bond donors (Lipinski definition) is 1. The Balaban J connectivity index is 2.00. The van der Waals surface area contributed by atoms with Crippen LogP contribution in [0.2, 0.25) is 0 Å². The van der Waals surface area contributed by atoms with E-state index in [1.165, 1.54) is 6.42 Å². The van der Waals surface area contributed by atoms with Gasteiger partial charge in [-0.3, -0.25) is 4.57 Å². The molecule has 24 heavy (non-hydrogen) atoms. The molecule has 5 heteroatoms. The molecule has 0 spiro atoms. The Labute approximate surface area is 140 Å². The topological polar surface area (TPSA) is 74.2 Å². The van der Waals surface area contributed by atoms with Gasteiger partial charge in [0.25, 0.3) is 0 Å². The van der Waals surface area contributed by atoms with Crippen molar-refractivity contribution in [2.45, 2.75) is 38.8 Å². The second kappa shape index (κ2) is 5.73. The number of imidazole rings is 1. The van der Waals surface area contributed by atoms with Crippen molar-refractivity contribution in [1.29, 1.82) is 5.26 Å². The third-order valence-corrected chi connectivity index (χ3v) is 4.66. The number of fused-ring (bicyclic) bond motifs is 3. The third-order valence-electron chi connectivity index (χ3n) is 4.66. The number of aliphatic hydroxyl groups is 1. The van der Waals surface area contributed by atoms with Gasteiger partial charge in [0.1, 0.15) is 0 Å². The summed E-state index contributed by atoms with van der Waals surface area (Å²) in [6.07, 6.45) is 7.22. The highest BCUT2D eigenvalue weighted by molar-refractivity contribution is 6.15. The van der Waals surface area contributed by atoms with E-state index in [0.29, 0.717) is 11.4 Å². The average molecular weight is 318 g/mol. The molecule has 0 saturated heterocycles. The largest absolute Gasteiger partial charge is 0.365 e. The minimum Gasteiger partial charge on any atom is -0.365 e. The summed E-state index contributed by atoms with van der Waals surface area (Å²) >= 11 is 0. The van der Waals surface area contributed by atoms with Gasteiger partial charge in [0.2, 0.25) is 6.23 Å². The number of aryl methyl sites for hydroxylation is 1. The molecule has 1 unspecified atom stereocenters. The van der Waals surface area contributed by atoms with Crippen molar-refractivity contribution in [1.82, 2.24) is 9.55 Å². The van der Waals surface area contributed by atoms with Crippen LogP contribution in [-0.4, -0.2) is 20.4 Å². The van der Waals surface area contributed by atoms with E-state index in [4.69, 9.17) is 0 Å². The number of allylic oxidation sites excluding steroid dienone is 2. The molecule has 1 aliphatic heterocycles. The molecular formula is C19H18N4O. The number of hydrogen-bond acceptors (Lipinski definition) is 4. The lowest BCUT2D eigenvalue weighted by Crippen LogP contribution is -2.11. The van der Waals surface area contributed by atoms with Gasteiger partial charge in [0.05, 0.1) is 23.0 Å². The molecule has 2 aromatic rings. The molecule has 120 valence electrons. The summed E-state index contributed by atoms with van der Waals surface area (Å²) in [5.41, 5.74) is 5.28. The summed E-state index contributed by atoms with van der Waals surface area (Å²) in [6, 6.07) is 7.79. The molecular weight excluding hydrogens is 300 g/mol. The fourth-order valence-corrected chi connectivity index (χ4v) is 3.50. The summed E-state index contributed by atoms with van der Waals surface area (Å²) in [7, 11) is 0. The molecule has 2 heterocycles. The maximum absolute atomic E-state index is 10.6. The highest BCUT2D eigenvalue weighted by atomic mass is 16.3. The van der Waals surface area contributed by atoms with E-state index in [1.807, 2.05) is 23.6 Å². The summed E-state index contributed by atoms with van der Waals surface area (Å²) in [5.74, 6) is 0.518. The van der Waals surface area contributed by atoms with Crippen LogP contribution in [0.15, 0.2) is 41.0 Å². The minimum atomic E-state index is -1.01. The molecule has 0 amide bonds. The Morgan fingerprint density at radius 2 is 2.21 bits per heavy atom. The van der Waals surface area contributed by atoms with E-state index >= 15 is 0 Å². The van der Waals surface area contributed by atoms with E-state index in [2.05, 4.69) is 22.1 Å². The fraction of sp³-hybridized carbons (Fsp3) is 0.316. The quantitative estimate of drug-likeness (QED) is 0.876. The molecule has 1 aliphatic carbocycles. The summed E-state index contributed by atoms with van der Waals surface area (Å²) in [4.78, 5) is 8.92. The van der Waals surface area contributed by atoms with Gasteiger partial charge in [0, 0.05) is 17.5 Å². The Bertz CT molecular complexity index is 914. The van der Waals surface area contributed by atoms with Gasteiger partial charge in [-0.1, -0.05) is 6.08 Å². The molecule has 1 atom stereocenters. The highest BCUT2D eigenvalue weighted by Crippen LogP contribution is 2.33. The minimum absolute atomic E-state index is 0.518. The lowest BCUT2D eigenvalue weighted by molar-refractivity contribution is 0.177. The number of nitrogens with zero attached hydrogens (tertiary/aromatic N) is 4. The maximum atomic E-state index is 10.6. The third kappa shape index (κ3) is 2.27. The molecule has 0 saturated carbocycles. The fourth-order valence-electron chi connectivity index (χ4n) is 3.50. The molecule has 5 nitrogen and oxygen atoms in total. The smallest absolute Gasteiger partial charge is 0.205 e. The molecule has 4 rings (SSSR count). The molecule has 1 N–H and O–H groups in total. The molecule has 0 fully saturated rings. The highest BCUT2D eigenvalue weighted by Gasteiger charge is 2.27. The molecule has 1 aromatic carbocycles. The first-order valence-corrected chi connectivity index (χ1v) is 8.23. The number of aliphatic imine (C=N–C) groups is 1. The van der Waals surface area contributed by atoms with Gasteiger partial charge in [0.15, 0.2) is 5.82 Å². The first-order valence-electron chi connectivity index (χ1n) is 8.23. The normalized spacial score (nSPS) is 19.5. The van der Waals surface area contributed by atoms with E-state index in [1.54, 1.807) is 12.3 Å². The number of aromatic nitrogens is 2. The van der Waals surface area contributed by atoms with Crippen molar-refractivity contribution in [2.75, 3.05) is 0 Å². The van der Waals surface area contributed by atoms with Gasteiger partial charge in [-0.05, 0) is 56.4 Å². The van der Waals surface area contributed by atoms with Crippen molar-refractivity contribution in [3.63, 3.8) is 0 Å². The van der Waals surface area contributed by atoms with E-state index in [0.717, 1.165) is 47.5 Å². The summed E-state index contributed by atoms with van der Waals surface area (Å²) < 4.78 is 1.93. The number of nitriles is 1. The van der Waals surface area contributed by atoms with Gasteiger partial charge in [-0.25, -0.2) is 9.98 Å². The zero-order chi connectivity index (χ0) is 16.7. The van der Waals surface area contributed by atoms with Gasteiger partial charge in [-0.2, -0.15) is 5.26 Å². The van der Waals surface area contributed by atoms with Crippen molar-refractivity contribution in [2.24, 2.45) is 4.99 Å². The Morgan fingerprint density at radius 1 is 1.33 bits per heavy atom. The van der Waals surface area contributed by atoms with Crippen LogP contribution in [0.4, 0.5) is 0 Å². The first-order chi connectivity index (χ1) is 11.7. The van der Waals surface area contributed by atoms with Crippen molar-refractivity contribution < 1.29 is 5.11 Å². The predicted octanol–water partition coefficient (Wildman–Crippen LogP) is 3.35. The van der Waals surface area contributed by atoms with Crippen LogP contribution in [-0.2, 0) is 0 Å². The lowest BCUT2D eigenvalue weighted by atomic mass is 9.91. The van der Waals surface area contributed by atoms with Crippen LogP contribution in [0.3, 0.4) is 0 Å². The molecule has 0 bridgehead atoms. The van der Waals surface area contributed by atoms with Crippen LogP contribution < -0.4 is 0 Å². The standard InChI is InChI=1S/C19H18N4O/c1-12-11-21-18-19(24)22-17(14-5-3-2-4-6-14)15-9-13(10-20)7-8-16(15)23(12)18/h5,7-9,11,19,24H,2-4,6H2,1H3. The molecule has 1 aromatic heterocycles. The Morgan fingerprint density at radius 3 is 2.96 bits per heavy atom. The molecule has 0 radical (unpaired) electrons. The summed E-state index contributed by atoms with van der Waals surface area (Å²) in [5, 5.41) is 19.9. The van der Waals surface area contributed by atoms with Crippen LogP contribution >= 0.6 is 0 Å². The van der Waals surface area contributed by atoms with Crippen LogP contribution in [0.25, 0.3) is 5.69 Å². The van der Waals surface area contributed by atoms with Gasteiger partial charge >= 0.3 is 0 Å². The number of rotatable bonds is 1. The molecule has 2 aliphatic rings. The SMILES string of the molecule is Cc1cnc2n1-c1ccc(C#N)cc1C(C1=CCCCC1)=NC2O. The van der Waals surface area contributed by atoms with Crippen molar-refractivity contribution in [3.05, 3.63) is 58.7 Å². The lowest BCUT2D eigenvalue weighted by Gasteiger charge is -2.17. The monoisotopic (exact) mass is 318 g/mol. The number of aliphatic hydroxyl groups excluding tert-OH is 1. The Kier molecular flexibility index (Phi) is 3.55. The number of benzene rings is 1. The average Bonchev–Trinajstić information content (AvgIpc) is 2.95. The first kappa shape index (κ1) is 14.9. The van der Waals surface area contributed by atoms with E-state index < -0.39 is 6.23 Å². The van der Waals surface area contributed by atoms with Crippen LogP contribution in [0.1, 0.15) is 54.6 Å². The van der Waals surface area contributed by atoms with E-state index in [-0.39, 0.29) is 0 Å². The maximum Gasteiger partial charge on any atom is 0.205 e. The predicted molar refractivity (Wildman–Crippen MR) is 91.1 cm³/mol. The van der Waals surface area contributed by atoms with Crippen molar-refractivity contribution >= 4 is 5.71 Å². The van der Waals surface area contributed by atoms with Crippen molar-refractivity contribution in [3.8, 4) is 11.8 Å². The van der Waals surface area contributed by atoms with Gasteiger partial charge in [-0.15, -0.1) is 0 Å². The van der Waals surface area contributed by atoms with Crippen LogP contribution in [0, 0.1) is 18.3 Å².